The molecule has 2 aromatic heterocycles. The standard InChI is InChI=1S/C19H20N4OS/c1-13-3-5-14(6-4-13)18-9-16(22-24-18)12-23-8-7-17-15(11-23)10-20-19(21-17)25-2/h3-6,9-10H,7-8,11-12H2,1-2H3. The molecule has 0 spiro atoms. The van der Waals surface area contributed by atoms with Gasteiger partial charge in [0, 0.05) is 49.4 Å². The van der Waals surface area contributed by atoms with E-state index in [2.05, 4.69) is 51.2 Å². The maximum atomic E-state index is 5.53. The minimum absolute atomic E-state index is 0.777. The Balaban J connectivity index is 1.45. The largest absolute Gasteiger partial charge is 0.356 e. The van der Waals surface area contributed by atoms with Crippen molar-refractivity contribution in [3.05, 3.63) is 59.0 Å². The smallest absolute Gasteiger partial charge is 0.187 e. The summed E-state index contributed by atoms with van der Waals surface area (Å²) in [6.07, 6.45) is 4.92. The van der Waals surface area contributed by atoms with Gasteiger partial charge in [-0.2, -0.15) is 0 Å². The Morgan fingerprint density at radius 2 is 2.08 bits per heavy atom. The molecule has 0 saturated carbocycles. The number of aromatic nitrogens is 3. The van der Waals surface area contributed by atoms with Crippen LogP contribution in [-0.4, -0.2) is 32.8 Å². The first-order valence-electron chi connectivity index (χ1n) is 8.35. The molecule has 0 fully saturated rings. The average molecular weight is 352 g/mol. The van der Waals surface area contributed by atoms with Crippen molar-refractivity contribution in [3.8, 4) is 11.3 Å². The van der Waals surface area contributed by atoms with Crippen LogP contribution in [0.25, 0.3) is 11.3 Å². The first-order valence-corrected chi connectivity index (χ1v) is 9.57. The molecule has 128 valence electrons. The molecule has 3 heterocycles. The lowest BCUT2D eigenvalue weighted by molar-refractivity contribution is 0.234. The van der Waals surface area contributed by atoms with Gasteiger partial charge in [0.15, 0.2) is 10.9 Å². The van der Waals surface area contributed by atoms with Crippen LogP contribution in [0.3, 0.4) is 0 Å². The molecule has 0 unspecified atom stereocenters. The Bertz CT molecular complexity index is 875. The average Bonchev–Trinajstić information content (AvgIpc) is 3.10. The Hall–Kier alpha value is -2.18. The quantitative estimate of drug-likeness (QED) is 0.527. The van der Waals surface area contributed by atoms with E-state index >= 15 is 0 Å². The molecule has 0 N–H and O–H groups in total. The molecular weight excluding hydrogens is 332 g/mol. The molecule has 6 heteroatoms. The lowest BCUT2D eigenvalue weighted by atomic mass is 10.1. The van der Waals surface area contributed by atoms with Gasteiger partial charge in [-0.15, -0.1) is 0 Å². The van der Waals surface area contributed by atoms with Crippen molar-refractivity contribution in [2.75, 3.05) is 12.8 Å². The molecule has 1 aliphatic rings. The highest BCUT2D eigenvalue weighted by Gasteiger charge is 2.20. The van der Waals surface area contributed by atoms with E-state index in [-0.39, 0.29) is 0 Å². The third-order valence-corrected chi connectivity index (χ3v) is 5.02. The van der Waals surface area contributed by atoms with Crippen LogP contribution in [-0.2, 0) is 19.5 Å². The molecule has 0 amide bonds. The Kier molecular flexibility index (Phi) is 4.55. The van der Waals surface area contributed by atoms with Gasteiger partial charge < -0.3 is 4.52 Å². The number of thioether (sulfide) groups is 1. The number of hydrogen-bond acceptors (Lipinski definition) is 6. The van der Waals surface area contributed by atoms with Crippen LogP contribution >= 0.6 is 11.8 Å². The fourth-order valence-electron chi connectivity index (χ4n) is 3.06. The maximum absolute atomic E-state index is 5.53. The molecule has 4 rings (SSSR count). The molecule has 5 nitrogen and oxygen atoms in total. The Labute approximate surface area is 151 Å². The van der Waals surface area contributed by atoms with E-state index < -0.39 is 0 Å². The first kappa shape index (κ1) is 16.3. The SMILES string of the molecule is CSc1ncc2c(n1)CCN(Cc1cc(-c3ccc(C)cc3)on1)C2. The van der Waals surface area contributed by atoms with Crippen molar-refractivity contribution < 1.29 is 4.52 Å². The Morgan fingerprint density at radius 3 is 2.88 bits per heavy atom. The lowest BCUT2D eigenvalue weighted by Crippen LogP contribution is -2.31. The fourth-order valence-corrected chi connectivity index (χ4v) is 3.42. The summed E-state index contributed by atoms with van der Waals surface area (Å²) < 4.78 is 5.53. The van der Waals surface area contributed by atoms with Crippen LogP contribution in [0.5, 0.6) is 0 Å². The summed E-state index contributed by atoms with van der Waals surface area (Å²) in [5, 5.41) is 5.09. The highest BCUT2D eigenvalue weighted by atomic mass is 32.2. The predicted molar refractivity (Wildman–Crippen MR) is 98.3 cm³/mol. The second kappa shape index (κ2) is 6.98. The molecule has 0 aliphatic carbocycles. The van der Waals surface area contributed by atoms with Crippen molar-refractivity contribution in [1.29, 1.82) is 0 Å². The van der Waals surface area contributed by atoms with E-state index in [1.54, 1.807) is 11.8 Å². The normalized spacial score (nSPS) is 14.5. The van der Waals surface area contributed by atoms with Gasteiger partial charge in [-0.25, -0.2) is 9.97 Å². The second-order valence-electron chi connectivity index (χ2n) is 6.34. The number of benzene rings is 1. The van der Waals surface area contributed by atoms with Crippen molar-refractivity contribution in [3.63, 3.8) is 0 Å². The minimum Gasteiger partial charge on any atom is -0.356 e. The van der Waals surface area contributed by atoms with Crippen molar-refractivity contribution in [2.24, 2.45) is 0 Å². The number of aryl methyl sites for hydroxylation is 1. The van der Waals surface area contributed by atoms with E-state index in [1.165, 1.54) is 16.8 Å². The molecule has 0 bridgehead atoms. The van der Waals surface area contributed by atoms with Crippen molar-refractivity contribution >= 4 is 11.8 Å². The van der Waals surface area contributed by atoms with Crippen LogP contribution in [0.15, 0.2) is 46.2 Å². The molecule has 25 heavy (non-hydrogen) atoms. The monoisotopic (exact) mass is 352 g/mol. The summed E-state index contributed by atoms with van der Waals surface area (Å²) in [5.41, 5.74) is 5.65. The van der Waals surface area contributed by atoms with Crippen LogP contribution in [0.1, 0.15) is 22.5 Å². The van der Waals surface area contributed by atoms with Crippen LogP contribution in [0, 0.1) is 6.92 Å². The van der Waals surface area contributed by atoms with Gasteiger partial charge in [-0.1, -0.05) is 46.7 Å². The van der Waals surface area contributed by atoms with E-state index in [0.29, 0.717) is 0 Å². The highest BCUT2D eigenvalue weighted by molar-refractivity contribution is 7.98. The summed E-state index contributed by atoms with van der Waals surface area (Å²) in [5.74, 6) is 0.820. The van der Waals surface area contributed by atoms with Crippen LogP contribution in [0.2, 0.25) is 0 Å². The maximum Gasteiger partial charge on any atom is 0.187 e. The molecule has 1 aliphatic heterocycles. The zero-order valence-electron chi connectivity index (χ0n) is 14.4. The van der Waals surface area contributed by atoms with Gasteiger partial charge in [-0.05, 0) is 13.2 Å². The zero-order valence-corrected chi connectivity index (χ0v) is 15.2. The third-order valence-electron chi connectivity index (χ3n) is 4.45. The second-order valence-corrected chi connectivity index (χ2v) is 7.11. The van der Waals surface area contributed by atoms with E-state index in [9.17, 15) is 0 Å². The third kappa shape index (κ3) is 3.60. The summed E-state index contributed by atoms with van der Waals surface area (Å²) in [6, 6.07) is 10.3. The van der Waals surface area contributed by atoms with Crippen molar-refractivity contribution in [1.82, 2.24) is 20.0 Å². The number of fused-ring (bicyclic) bond motifs is 1. The molecule has 3 aromatic rings. The summed E-state index contributed by atoms with van der Waals surface area (Å²) >= 11 is 1.59. The minimum atomic E-state index is 0.777. The van der Waals surface area contributed by atoms with Gasteiger partial charge in [-0.3, -0.25) is 4.90 Å². The van der Waals surface area contributed by atoms with Crippen molar-refractivity contribution in [2.45, 2.75) is 31.6 Å². The van der Waals surface area contributed by atoms with Gasteiger partial charge in [0.05, 0.1) is 11.4 Å². The molecular formula is C19H20N4OS. The summed E-state index contributed by atoms with van der Waals surface area (Å²) in [7, 11) is 0. The van der Waals surface area contributed by atoms with Gasteiger partial charge in [0.1, 0.15) is 0 Å². The number of hydrogen-bond donors (Lipinski definition) is 0. The predicted octanol–water partition coefficient (Wildman–Crippen LogP) is 3.72. The fraction of sp³-hybridized carbons (Fsp3) is 0.316. The van der Waals surface area contributed by atoms with Crippen LogP contribution < -0.4 is 0 Å². The molecule has 0 saturated heterocycles. The van der Waals surface area contributed by atoms with E-state index in [1.807, 2.05) is 18.5 Å². The molecule has 0 radical (unpaired) electrons. The topological polar surface area (TPSA) is 55.1 Å². The number of rotatable bonds is 4. The molecule has 1 aromatic carbocycles. The summed E-state index contributed by atoms with van der Waals surface area (Å²) in [4.78, 5) is 11.4. The van der Waals surface area contributed by atoms with Gasteiger partial charge in [0.2, 0.25) is 0 Å². The number of nitrogens with zero attached hydrogens (tertiary/aromatic N) is 4. The van der Waals surface area contributed by atoms with Gasteiger partial charge in [0.25, 0.3) is 0 Å². The summed E-state index contributed by atoms with van der Waals surface area (Å²) in [6.45, 7) is 4.69. The van der Waals surface area contributed by atoms with Gasteiger partial charge >= 0.3 is 0 Å². The van der Waals surface area contributed by atoms with E-state index in [4.69, 9.17) is 4.52 Å². The molecule has 0 atom stereocenters. The highest BCUT2D eigenvalue weighted by Crippen LogP contribution is 2.24. The van der Waals surface area contributed by atoms with Crippen LogP contribution in [0.4, 0.5) is 0 Å². The lowest BCUT2D eigenvalue weighted by Gasteiger charge is -2.27. The zero-order chi connectivity index (χ0) is 17.2. The Morgan fingerprint density at radius 1 is 1.24 bits per heavy atom. The van der Waals surface area contributed by atoms with E-state index in [0.717, 1.165) is 48.2 Å². The first-order chi connectivity index (χ1) is 12.2.